The number of carbonyl (C=O) groups excluding carboxylic acids is 2. The summed E-state index contributed by atoms with van der Waals surface area (Å²) < 4.78 is 12.5. The molecule has 0 aliphatic heterocycles. The normalized spacial score (nSPS) is 10.5. The van der Waals surface area contributed by atoms with Gasteiger partial charge in [0.15, 0.2) is 11.5 Å². The monoisotopic (exact) mass is 394 g/mol. The average molecular weight is 394 g/mol. The van der Waals surface area contributed by atoms with Gasteiger partial charge in [-0.2, -0.15) is 5.10 Å². The molecule has 1 aromatic heterocycles. The second-order valence-corrected chi connectivity index (χ2v) is 6.45. The van der Waals surface area contributed by atoms with Crippen LogP contribution in [-0.2, 0) is 0 Å². The van der Waals surface area contributed by atoms with Crippen molar-refractivity contribution in [3.05, 3.63) is 72.1 Å². The SMILES string of the molecule is COc1cc(C(=O)NNC(=O)c2cnn(-c3ccccc3)c2)ccc1OC(C)C. The Kier molecular flexibility index (Phi) is 6.13. The van der Waals surface area contributed by atoms with Gasteiger partial charge in [-0.15, -0.1) is 0 Å². The molecule has 150 valence electrons. The Bertz CT molecular complexity index is 999. The quantitative estimate of drug-likeness (QED) is 0.627. The van der Waals surface area contributed by atoms with Crippen molar-refractivity contribution in [2.45, 2.75) is 20.0 Å². The molecule has 0 saturated heterocycles. The van der Waals surface area contributed by atoms with E-state index in [1.807, 2.05) is 44.2 Å². The van der Waals surface area contributed by atoms with Crippen molar-refractivity contribution < 1.29 is 19.1 Å². The molecule has 0 aliphatic rings. The predicted molar refractivity (Wildman–Crippen MR) is 107 cm³/mol. The number of amides is 2. The van der Waals surface area contributed by atoms with Crippen LogP contribution in [-0.4, -0.2) is 34.8 Å². The first kappa shape index (κ1) is 19.9. The Morgan fingerprint density at radius 2 is 1.66 bits per heavy atom. The lowest BCUT2D eigenvalue weighted by molar-refractivity contribution is 0.0846. The molecule has 0 fully saturated rings. The van der Waals surface area contributed by atoms with Crippen molar-refractivity contribution in [2.24, 2.45) is 0 Å². The van der Waals surface area contributed by atoms with Crippen LogP contribution in [0.15, 0.2) is 60.9 Å². The van der Waals surface area contributed by atoms with Crippen molar-refractivity contribution in [1.82, 2.24) is 20.6 Å². The number of methoxy groups -OCH3 is 1. The van der Waals surface area contributed by atoms with Crippen molar-refractivity contribution in [3.8, 4) is 17.2 Å². The van der Waals surface area contributed by atoms with Crippen LogP contribution in [0.1, 0.15) is 34.6 Å². The number of nitrogens with one attached hydrogen (secondary N) is 2. The minimum absolute atomic E-state index is 0.0281. The molecule has 0 aliphatic carbocycles. The molecule has 3 aromatic rings. The van der Waals surface area contributed by atoms with Gasteiger partial charge in [0, 0.05) is 11.8 Å². The van der Waals surface area contributed by atoms with E-state index in [1.165, 1.54) is 13.3 Å². The molecule has 0 unspecified atom stereocenters. The third-order valence-corrected chi connectivity index (χ3v) is 3.94. The molecule has 0 radical (unpaired) electrons. The smallest absolute Gasteiger partial charge is 0.272 e. The highest BCUT2D eigenvalue weighted by molar-refractivity contribution is 5.99. The maximum atomic E-state index is 12.4. The van der Waals surface area contributed by atoms with E-state index >= 15 is 0 Å². The predicted octanol–water partition coefficient (Wildman–Crippen LogP) is 2.74. The fourth-order valence-electron chi connectivity index (χ4n) is 2.58. The van der Waals surface area contributed by atoms with E-state index in [0.717, 1.165) is 5.69 Å². The number of para-hydroxylation sites is 1. The van der Waals surface area contributed by atoms with Gasteiger partial charge in [0.25, 0.3) is 11.8 Å². The summed E-state index contributed by atoms with van der Waals surface area (Å²) in [5.41, 5.74) is 6.22. The highest BCUT2D eigenvalue weighted by Gasteiger charge is 2.14. The van der Waals surface area contributed by atoms with E-state index in [1.54, 1.807) is 29.1 Å². The summed E-state index contributed by atoms with van der Waals surface area (Å²) in [5.74, 6) is 0.00804. The molecule has 2 amide bonds. The van der Waals surface area contributed by atoms with E-state index in [0.29, 0.717) is 22.6 Å². The summed E-state index contributed by atoms with van der Waals surface area (Å²) in [7, 11) is 1.50. The number of benzene rings is 2. The Labute approximate surface area is 168 Å². The fraction of sp³-hybridized carbons (Fsp3) is 0.190. The zero-order chi connectivity index (χ0) is 20.8. The summed E-state index contributed by atoms with van der Waals surface area (Å²) >= 11 is 0. The molecule has 8 heteroatoms. The molecular formula is C21H22N4O4. The van der Waals surface area contributed by atoms with Gasteiger partial charge in [-0.05, 0) is 44.2 Å². The lowest BCUT2D eigenvalue weighted by Gasteiger charge is -2.14. The van der Waals surface area contributed by atoms with Gasteiger partial charge >= 0.3 is 0 Å². The van der Waals surface area contributed by atoms with Gasteiger partial charge in [0.2, 0.25) is 0 Å². The van der Waals surface area contributed by atoms with Crippen LogP contribution >= 0.6 is 0 Å². The first-order valence-electron chi connectivity index (χ1n) is 9.03. The van der Waals surface area contributed by atoms with Crippen molar-refractivity contribution >= 4 is 11.8 Å². The van der Waals surface area contributed by atoms with Gasteiger partial charge in [-0.3, -0.25) is 20.4 Å². The largest absolute Gasteiger partial charge is 0.493 e. The maximum Gasteiger partial charge on any atom is 0.272 e. The van der Waals surface area contributed by atoms with Crippen LogP contribution in [0, 0.1) is 0 Å². The standard InChI is InChI=1S/C21H22N4O4/c1-14(2)29-18-10-9-15(11-19(18)28-3)20(26)23-24-21(27)16-12-22-25(13-16)17-7-5-4-6-8-17/h4-14H,1-3H3,(H,23,26)(H,24,27). The molecule has 29 heavy (non-hydrogen) atoms. The summed E-state index contributed by atoms with van der Waals surface area (Å²) in [5, 5.41) is 4.16. The van der Waals surface area contributed by atoms with E-state index in [4.69, 9.17) is 9.47 Å². The highest BCUT2D eigenvalue weighted by Crippen LogP contribution is 2.28. The number of hydrogen-bond acceptors (Lipinski definition) is 5. The van der Waals surface area contributed by atoms with E-state index in [2.05, 4.69) is 16.0 Å². The van der Waals surface area contributed by atoms with Crippen LogP contribution in [0.2, 0.25) is 0 Å². The van der Waals surface area contributed by atoms with Crippen molar-refractivity contribution in [2.75, 3.05) is 7.11 Å². The number of carbonyl (C=O) groups is 2. The Morgan fingerprint density at radius 3 is 2.31 bits per heavy atom. The topological polar surface area (TPSA) is 94.5 Å². The zero-order valence-electron chi connectivity index (χ0n) is 16.4. The van der Waals surface area contributed by atoms with Crippen LogP contribution in [0.3, 0.4) is 0 Å². The number of hydrogen-bond donors (Lipinski definition) is 2. The van der Waals surface area contributed by atoms with Crippen molar-refractivity contribution in [3.63, 3.8) is 0 Å². The van der Waals surface area contributed by atoms with E-state index in [9.17, 15) is 9.59 Å². The Hall–Kier alpha value is -3.81. The molecule has 8 nitrogen and oxygen atoms in total. The number of nitrogens with zero attached hydrogens (tertiary/aromatic N) is 2. The lowest BCUT2D eigenvalue weighted by atomic mass is 10.2. The van der Waals surface area contributed by atoms with E-state index < -0.39 is 11.8 Å². The molecule has 3 rings (SSSR count). The van der Waals surface area contributed by atoms with Gasteiger partial charge in [-0.1, -0.05) is 18.2 Å². The average Bonchev–Trinajstić information content (AvgIpc) is 3.22. The summed E-state index contributed by atoms with van der Waals surface area (Å²) in [4.78, 5) is 24.7. The Balaban J connectivity index is 1.63. The minimum atomic E-state index is -0.483. The van der Waals surface area contributed by atoms with Gasteiger partial charge in [0.05, 0.1) is 30.7 Å². The number of ether oxygens (including phenoxy) is 2. The molecular weight excluding hydrogens is 372 g/mol. The van der Waals surface area contributed by atoms with Crippen LogP contribution in [0.25, 0.3) is 5.69 Å². The number of rotatable bonds is 6. The first-order valence-corrected chi connectivity index (χ1v) is 9.03. The third-order valence-electron chi connectivity index (χ3n) is 3.94. The summed E-state index contributed by atoms with van der Waals surface area (Å²) in [6.07, 6.45) is 2.98. The molecule has 0 spiro atoms. The second-order valence-electron chi connectivity index (χ2n) is 6.45. The number of hydrazine groups is 1. The van der Waals surface area contributed by atoms with Gasteiger partial charge < -0.3 is 9.47 Å². The number of aromatic nitrogens is 2. The third kappa shape index (κ3) is 4.92. The van der Waals surface area contributed by atoms with Gasteiger partial charge in [-0.25, -0.2) is 4.68 Å². The van der Waals surface area contributed by atoms with E-state index in [-0.39, 0.29) is 6.10 Å². The second kappa shape index (κ2) is 8.92. The molecule has 0 saturated carbocycles. The summed E-state index contributed by atoms with van der Waals surface area (Å²) in [6.45, 7) is 3.80. The molecule has 2 N–H and O–H groups in total. The molecule has 2 aromatic carbocycles. The fourth-order valence-corrected chi connectivity index (χ4v) is 2.58. The summed E-state index contributed by atoms with van der Waals surface area (Å²) in [6, 6.07) is 14.2. The van der Waals surface area contributed by atoms with Crippen molar-refractivity contribution in [1.29, 1.82) is 0 Å². The lowest BCUT2D eigenvalue weighted by Crippen LogP contribution is -2.41. The van der Waals surface area contributed by atoms with Gasteiger partial charge in [0.1, 0.15) is 0 Å². The first-order chi connectivity index (χ1) is 14.0. The maximum absolute atomic E-state index is 12.4. The molecule has 1 heterocycles. The van der Waals surface area contributed by atoms with Crippen LogP contribution in [0.5, 0.6) is 11.5 Å². The molecule has 0 bridgehead atoms. The molecule has 0 atom stereocenters. The zero-order valence-corrected chi connectivity index (χ0v) is 16.4. The van der Waals surface area contributed by atoms with Crippen LogP contribution < -0.4 is 20.3 Å². The minimum Gasteiger partial charge on any atom is -0.493 e. The van der Waals surface area contributed by atoms with Crippen LogP contribution in [0.4, 0.5) is 0 Å². The highest BCUT2D eigenvalue weighted by atomic mass is 16.5. The Morgan fingerprint density at radius 1 is 0.966 bits per heavy atom.